The van der Waals surface area contributed by atoms with Gasteiger partial charge in [0.2, 0.25) is 5.88 Å². The number of amides is 1. The van der Waals surface area contributed by atoms with E-state index in [-0.39, 0.29) is 22.9 Å². The number of rotatable bonds is 3. The van der Waals surface area contributed by atoms with Crippen molar-refractivity contribution < 1.29 is 15.0 Å². The second kappa shape index (κ2) is 6.57. The van der Waals surface area contributed by atoms with Crippen molar-refractivity contribution in [1.82, 2.24) is 4.98 Å². The second-order valence-corrected chi connectivity index (χ2v) is 6.38. The van der Waals surface area contributed by atoms with Gasteiger partial charge in [-0.25, -0.2) is 0 Å². The van der Waals surface area contributed by atoms with Crippen molar-refractivity contribution in [3.8, 4) is 11.6 Å². The number of carbonyl (C=O) groups is 1. The Bertz CT molecular complexity index is 993. The van der Waals surface area contributed by atoms with Gasteiger partial charge in [-0.2, -0.15) is 0 Å². The highest BCUT2D eigenvalue weighted by Crippen LogP contribution is 2.37. The van der Waals surface area contributed by atoms with Gasteiger partial charge in [-0.05, 0) is 41.8 Å². The van der Waals surface area contributed by atoms with E-state index in [4.69, 9.17) is 11.6 Å². The maximum atomic E-state index is 12.2. The number of aromatic hydroxyl groups is 2. The van der Waals surface area contributed by atoms with Crippen molar-refractivity contribution in [2.45, 2.75) is 19.8 Å². The van der Waals surface area contributed by atoms with Crippen LogP contribution in [0.2, 0.25) is 5.02 Å². The van der Waals surface area contributed by atoms with Gasteiger partial charge in [0, 0.05) is 10.4 Å². The molecule has 7 heteroatoms. The van der Waals surface area contributed by atoms with Crippen molar-refractivity contribution in [2.24, 2.45) is 10.2 Å². The van der Waals surface area contributed by atoms with Gasteiger partial charge in [0.05, 0.1) is 11.1 Å². The number of azo groups is 1. The molecule has 0 saturated carbocycles. The first-order valence-corrected chi connectivity index (χ1v) is 8.03. The molecular formula is C18H16ClN3O3. The Labute approximate surface area is 148 Å². The quantitative estimate of drug-likeness (QED) is 0.556. The summed E-state index contributed by atoms with van der Waals surface area (Å²) in [5.41, 5.74) is 1.88. The van der Waals surface area contributed by atoms with Gasteiger partial charge >= 0.3 is 0 Å². The van der Waals surface area contributed by atoms with Gasteiger partial charge in [0.15, 0.2) is 5.69 Å². The number of aromatic nitrogens is 1. The van der Waals surface area contributed by atoms with Crippen molar-refractivity contribution in [2.75, 3.05) is 0 Å². The lowest BCUT2D eigenvalue weighted by Gasteiger charge is -2.04. The summed E-state index contributed by atoms with van der Waals surface area (Å²) >= 11 is 5.83. The molecule has 0 unspecified atom stereocenters. The fourth-order valence-electron chi connectivity index (χ4n) is 2.47. The lowest BCUT2D eigenvalue weighted by atomic mass is 10.0. The van der Waals surface area contributed by atoms with Gasteiger partial charge in [0.1, 0.15) is 5.75 Å². The molecule has 3 aromatic rings. The molecule has 0 spiro atoms. The molecule has 1 aromatic heterocycles. The molecule has 2 aromatic carbocycles. The summed E-state index contributed by atoms with van der Waals surface area (Å²) in [6, 6.07) is 9.77. The molecule has 0 aliphatic heterocycles. The number of aromatic amines is 1. The van der Waals surface area contributed by atoms with E-state index in [9.17, 15) is 15.0 Å². The first-order valence-electron chi connectivity index (χ1n) is 7.66. The number of hydrogen-bond acceptors (Lipinski definition) is 4. The number of halogens is 1. The molecule has 0 aliphatic rings. The molecule has 1 amide bonds. The highest BCUT2D eigenvalue weighted by atomic mass is 35.5. The van der Waals surface area contributed by atoms with Gasteiger partial charge in [-0.3, -0.25) is 4.79 Å². The predicted molar refractivity (Wildman–Crippen MR) is 96.0 cm³/mol. The van der Waals surface area contributed by atoms with Crippen molar-refractivity contribution >= 4 is 34.1 Å². The molecule has 128 valence electrons. The van der Waals surface area contributed by atoms with Crippen molar-refractivity contribution in [1.29, 1.82) is 0 Å². The maximum Gasteiger partial charge on any atom is 0.299 e. The molecule has 3 N–H and O–H groups in total. The second-order valence-electron chi connectivity index (χ2n) is 5.95. The van der Waals surface area contributed by atoms with Crippen molar-refractivity contribution in [3.63, 3.8) is 0 Å². The molecule has 0 radical (unpaired) electrons. The van der Waals surface area contributed by atoms with Crippen LogP contribution < -0.4 is 0 Å². The van der Waals surface area contributed by atoms with Crippen LogP contribution in [0.5, 0.6) is 11.6 Å². The smallest absolute Gasteiger partial charge is 0.299 e. The number of nitrogens with zero attached hydrogens (tertiary/aromatic N) is 2. The minimum Gasteiger partial charge on any atom is -0.507 e. The SMILES string of the molecule is CC(C)c1ccc2[nH]c(O)c(N=NC(=O)c3cc(Cl)ccc3O)c2c1. The highest BCUT2D eigenvalue weighted by Gasteiger charge is 2.15. The predicted octanol–water partition coefficient (Wildman–Crippen LogP) is 5.28. The van der Waals surface area contributed by atoms with Crippen LogP contribution in [-0.2, 0) is 0 Å². The Morgan fingerprint density at radius 2 is 1.92 bits per heavy atom. The largest absolute Gasteiger partial charge is 0.507 e. The zero-order chi connectivity index (χ0) is 18.1. The molecule has 0 saturated heterocycles. The summed E-state index contributed by atoms with van der Waals surface area (Å²) in [4.78, 5) is 15.0. The molecule has 0 aliphatic carbocycles. The average molecular weight is 358 g/mol. The van der Waals surface area contributed by atoms with Crippen LogP contribution in [-0.4, -0.2) is 21.1 Å². The molecule has 0 atom stereocenters. The van der Waals surface area contributed by atoms with E-state index in [1.165, 1.54) is 18.2 Å². The molecule has 6 nitrogen and oxygen atoms in total. The Kier molecular flexibility index (Phi) is 4.46. The first kappa shape index (κ1) is 17.0. The number of hydrogen-bond donors (Lipinski definition) is 3. The fraction of sp³-hybridized carbons (Fsp3) is 0.167. The molecule has 0 fully saturated rings. The summed E-state index contributed by atoms with van der Waals surface area (Å²) in [5, 5.41) is 28.3. The third kappa shape index (κ3) is 3.34. The topological polar surface area (TPSA) is 98.0 Å². The lowest BCUT2D eigenvalue weighted by Crippen LogP contribution is -1.94. The molecular weight excluding hydrogens is 342 g/mol. The lowest BCUT2D eigenvalue weighted by molar-refractivity contribution is 0.0992. The van der Waals surface area contributed by atoms with E-state index in [1.807, 2.05) is 18.2 Å². The standard InChI is InChI=1S/C18H16ClN3O3/c1-9(2)10-3-5-14-12(7-10)16(18(25)20-14)21-22-17(24)13-8-11(19)4-6-15(13)23/h3-9,20,23,25H,1-2H3. The number of phenolic OH excluding ortho intramolecular Hbond substituents is 1. The zero-order valence-electron chi connectivity index (χ0n) is 13.6. The average Bonchev–Trinajstić information content (AvgIpc) is 2.89. The zero-order valence-corrected chi connectivity index (χ0v) is 14.4. The summed E-state index contributed by atoms with van der Waals surface area (Å²) < 4.78 is 0. The molecule has 3 rings (SSSR count). The van der Waals surface area contributed by atoms with Crippen LogP contribution in [0.25, 0.3) is 10.9 Å². The minimum absolute atomic E-state index is 0.0570. The Morgan fingerprint density at radius 1 is 1.16 bits per heavy atom. The van der Waals surface area contributed by atoms with Crippen LogP contribution >= 0.6 is 11.6 Å². The molecule has 25 heavy (non-hydrogen) atoms. The van der Waals surface area contributed by atoms with E-state index >= 15 is 0 Å². The van der Waals surface area contributed by atoms with E-state index in [0.717, 1.165) is 5.56 Å². The number of nitrogens with one attached hydrogen (secondary N) is 1. The molecule has 0 bridgehead atoms. The summed E-state index contributed by atoms with van der Waals surface area (Å²) in [6.45, 7) is 4.11. The van der Waals surface area contributed by atoms with Crippen LogP contribution in [0.3, 0.4) is 0 Å². The van der Waals surface area contributed by atoms with E-state index in [2.05, 4.69) is 29.1 Å². The number of carbonyl (C=O) groups excluding carboxylic acids is 1. The van der Waals surface area contributed by atoms with Crippen LogP contribution in [0.4, 0.5) is 5.69 Å². The van der Waals surface area contributed by atoms with Crippen LogP contribution in [0, 0.1) is 0 Å². The number of fused-ring (bicyclic) bond motifs is 1. The minimum atomic E-state index is -0.756. The van der Waals surface area contributed by atoms with E-state index < -0.39 is 5.91 Å². The number of H-pyrrole nitrogens is 1. The summed E-state index contributed by atoms with van der Waals surface area (Å²) in [7, 11) is 0. The van der Waals surface area contributed by atoms with Gasteiger partial charge in [-0.15, -0.1) is 10.2 Å². The Morgan fingerprint density at radius 3 is 2.64 bits per heavy atom. The monoisotopic (exact) mass is 357 g/mol. The Hall–Kier alpha value is -2.86. The van der Waals surface area contributed by atoms with Crippen LogP contribution in [0.15, 0.2) is 46.6 Å². The van der Waals surface area contributed by atoms with E-state index in [0.29, 0.717) is 21.8 Å². The third-order valence-electron chi connectivity index (χ3n) is 3.87. The fourth-order valence-corrected chi connectivity index (χ4v) is 2.64. The number of benzene rings is 2. The number of phenols is 1. The van der Waals surface area contributed by atoms with Gasteiger partial charge in [0.25, 0.3) is 5.91 Å². The van der Waals surface area contributed by atoms with Crippen molar-refractivity contribution in [3.05, 3.63) is 52.5 Å². The van der Waals surface area contributed by atoms with E-state index in [1.54, 1.807) is 0 Å². The summed E-state index contributed by atoms with van der Waals surface area (Å²) in [5.74, 6) is -0.869. The molecule has 1 heterocycles. The Balaban J connectivity index is 2.00. The summed E-state index contributed by atoms with van der Waals surface area (Å²) in [6.07, 6.45) is 0. The normalized spacial score (nSPS) is 11.7. The first-order chi connectivity index (χ1) is 11.9. The third-order valence-corrected chi connectivity index (χ3v) is 4.11. The van der Waals surface area contributed by atoms with Gasteiger partial charge in [-0.1, -0.05) is 31.5 Å². The van der Waals surface area contributed by atoms with Gasteiger partial charge < -0.3 is 15.2 Å². The highest BCUT2D eigenvalue weighted by molar-refractivity contribution is 6.31. The maximum absolute atomic E-state index is 12.2. The van der Waals surface area contributed by atoms with Crippen LogP contribution in [0.1, 0.15) is 35.7 Å².